The number of nitrogen functional groups attached to an aromatic ring is 1. The second-order valence-corrected chi connectivity index (χ2v) is 5.07. The molecule has 4 N–H and O–H groups in total. The van der Waals surface area contributed by atoms with Gasteiger partial charge in [-0.1, -0.05) is 20.8 Å². The molecule has 1 aromatic heterocycles. The molecule has 0 spiro atoms. The Balaban J connectivity index is 3.14. The van der Waals surface area contributed by atoms with Crippen molar-refractivity contribution in [2.45, 2.75) is 59.4 Å². The van der Waals surface area contributed by atoms with Crippen LogP contribution in [0.5, 0.6) is 0 Å². The van der Waals surface area contributed by atoms with Gasteiger partial charge >= 0.3 is 0 Å². The molecule has 21 heavy (non-hydrogen) atoms. The highest BCUT2D eigenvalue weighted by atomic mass is 15.4. The van der Waals surface area contributed by atoms with Crippen LogP contribution >= 0.6 is 0 Å². The molecular formula is C14H29N7. The first-order valence-corrected chi connectivity index (χ1v) is 7.83. The molecule has 7 nitrogen and oxygen atoms in total. The minimum atomic E-state index is 0.00769. The summed E-state index contributed by atoms with van der Waals surface area (Å²) in [5.74, 6) is 7.08. The first-order valence-electron chi connectivity index (χ1n) is 7.83. The van der Waals surface area contributed by atoms with E-state index < -0.39 is 0 Å². The third-order valence-corrected chi connectivity index (χ3v) is 4.21. The van der Waals surface area contributed by atoms with Gasteiger partial charge in [0.15, 0.2) is 0 Å². The maximum Gasteiger partial charge on any atom is 0.243 e. The molecule has 0 radical (unpaired) electrons. The minimum absolute atomic E-state index is 0.00769. The molecule has 120 valence electrons. The van der Waals surface area contributed by atoms with Crippen molar-refractivity contribution in [1.82, 2.24) is 15.0 Å². The number of hydrogen-bond donors (Lipinski definition) is 3. The summed E-state index contributed by atoms with van der Waals surface area (Å²) in [6.45, 7) is 12.3. The lowest BCUT2D eigenvalue weighted by atomic mass is 9.90. The predicted molar refractivity (Wildman–Crippen MR) is 88.4 cm³/mol. The highest BCUT2D eigenvalue weighted by Crippen LogP contribution is 2.25. The van der Waals surface area contributed by atoms with Gasteiger partial charge in [0, 0.05) is 18.6 Å². The maximum atomic E-state index is 5.48. The van der Waals surface area contributed by atoms with Crippen molar-refractivity contribution in [3.8, 4) is 0 Å². The fraction of sp³-hybridized carbons (Fsp3) is 0.786. The molecule has 7 heteroatoms. The van der Waals surface area contributed by atoms with Crippen LogP contribution in [0.2, 0.25) is 0 Å². The third kappa shape index (κ3) is 4.17. The SMILES string of the molecule is CCN(CC)c1nc(NN)nc(NC(CC)(CC)CC)n1. The molecule has 1 aromatic rings. The van der Waals surface area contributed by atoms with E-state index in [1.165, 1.54) is 0 Å². The van der Waals surface area contributed by atoms with E-state index in [0.29, 0.717) is 17.8 Å². The molecule has 0 unspecified atom stereocenters. The average molecular weight is 295 g/mol. The van der Waals surface area contributed by atoms with E-state index >= 15 is 0 Å². The molecular weight excluding hydrogens is 266 g/mol. The normalized spacial score (nSPS) is 11.3. The lowest BCUT2D eigenvalue weighted by Gasteiger charge is -2.32. The van der Waals surface area contributed by atoms with Crippen LogP contribution in [-0.4, -0.2) is 33.6 Å². The Hall–Kier alpha value is -1.63. The standard InChI is InChI=1S/C14H29N7/c1-6-14(7-2,8-3)19-11-16-12(20-15)18-13(17-11)21(9-4)10-5/h6-10,15H2,1-5H3,(H2,16,17,18,19,20). The second kappa shape index (κ2) is 7.97. The zero-order chi connectivity index (χ0) is 15.9. The van der Waals surface area contributed by atoms with Crippen LogP contribution in [0.1, 0.15) is 53.9 Å². The molecule has 0 aliphatic rings. The smallest absolute Gasteiger partial charge is 0.243 e. The van der Waals surface area contributed by atoms with Gasteiger partial charge < -0.3 is 10.2 Å². The van der Waals surface area contributed by atoms with Crippen molar-refractivity contribution in [1.29, 1.82) is 0 Å². The van der Waals surface area contributed by atoms with Crippen LogP contribution in [0.25, 0.3) is 0 Å². The molecule has 0 atom stereocenters. The van der Waals surface area contributed by atoms with Crippen molar-refractivity contribution >= 4 is 17.8 Å². The van der Waals surface area contributed by atoms with Gasteiger partial charge in [-0.2, -0.15) is 15.0 Å². The highest BCUT2D eigenvalue weighted by molar-refractivity contribution is 5.44. The van der Waals surface area contributed by atoms with E-state index in [-0.39, 0.29) is 5.54 Å². The lowest BCUT2D eigenvalue weighted by molar-refractivity contribution is 0.417. The quantitative estimate of drug-likeness (QED) is 0.476. The van der Waals surface area contributed by atoms with E-state index in [0.717, 1.165) is 32.4 Å². The molecule has 0 saturated heterocycles. The number of nitrogens with one attached hydrogen (secondary N) is 2. The molecule has 0 aromatic carbocycles. The Morgan fingerprint density at radius 3 is 1.86 bits per heavy atom. The summed E-state index contributed by atoms with van der Waals surface area (Å²) in [5.41, 5.74) is 2.53. The second-order valence-electron chi connectivity index (χ2n) is 5.07. The number of anilines is 3. The van der Waals surface area contributed by atoms with Gasteiger partial charge in [0.05, 0.1) is 0 Å². The van der Waals surface area contributed by atoms with Gasteiger partial charge in [-0.05, 0) is 33.1 Å². The van der Waals surface area contributed by atoms with Gasteiger partial charge in [0.1, 0.15) is 0 Å². The molecule has 0 amide bonds. The summed E-state index contributed by atoms with van der Waals surface area (Å²) in [6, 6.07) is 0. The topological polar surface area (TPSA) is 92.0 Å². The first-order chi connectivity index (χ1) is 10.1. The molecule has 0 aliphatic carbocycles. The Morgan fingerprint density at radius 1 is 0.905 bits per heavy atom. The van der Waals surface area contributed by atoms with Crippen molar-refractivity contribution in [3.63, 3.8) is 0 Å². The summed E-state index contributed by atoms with van der Waals surface area (Å²) in [6.07, 6.45) is 3.03. The summed E-state index contributed by atoms with van der Waals surface area (Å²) in [4.78, 5) is 15.3. The molecule has 1 heterocycles. The molecule has 0 saturated carbocycles. The fourth-order valence-electron chi connectivity index (χ4n) is 2.39. The predicted octanol–water partition coefficient (Wildman–Crippen LogP) is 2.38. The Bertz CT molecular complexity index is 419. The van der Waals surface area contributed by atoms with E-state index in [4.69, 9.17) is 5.84 Å². The van der Waals surface area contributed by atoms with Crippen molar-refractivity contribution in [2.24, 2.45) is 5.84 Å². The van der Waals surface area contributed by atoms with Gasteiger partial charge in [-0.3, -0.25) is 5.43 Å². The van der Waals surface area contributed by atoms with Gasteiger partial charge in [0.25, 0.3) is 0 Å². The summed E-state index contributed by atoms with van der Waals surface area (Å²) >= 11 is 0. The number of hydrazine groups is 1. The van der Waals surface area contributed by atoms with Gasteiger partial charge in [0.2, 0.25) is 17.8 Å². The average Bonchev–Trinajstić information content (AvgIpc) is 2.53. The Kier molecular flexibility index (Phi) is 6.61. The molecule has 1 rings (SSSR count). The van der Waals surface area contributed by atoms with E-state index in [1.807, 2.05) is 0 Å². The number of nitrogens with zero attached hydrogens (tertiary/aromatic N) is 4. The van der Waals surface area contributed by atoms with Crippen molar-refractivity contribution in [3.05, 3.63) is 0 Å². The summed E-state index contributed by atoms with van der Waals surface area (Å²) in [5, 5.41) is 3.48. The molecule has 0 aliphatic heterocycles. The maximum absolute atomic E-state index is 5.48. The minimum Gasteiger partial charge on any atom is -0.349 e. The third-order valence-electron chi connectivity index (χ3n) is 4.21. The Labute approximate surface area is 127 Å². The number of rotatable bonds is 9. The summed E-state index contributed by atoms with van der Waals surface area (Å²) in [7, 11) is 0. The number of hydrogen-bond acceptors (Lipinski definition) is 7. The van der Waals surface area contributed by atoms with E-state index in [2.05, 4.69) is 65.2 Å². The van der Waals surface area contributed by atoms with Crippen LogP contribution in [0.4, 0.5) is 17.8 Å². The Morgan fingerprint density at radius 2 is 1.43 bits per heavy atom. The fourth-order valence-corrected chi connectivity index (χ4v) is 2.39. The van der Waals surface area contributed by atoms with Gasteiger partial charge in [-0.25, -0.2) is 5.84 Å². The van der Waals surface area contributed by atoms with E-state index in [1.54, 1.807) is 0 Å². The largest absolute Gasteiger partial charge is 0.349 e. The zero-order valence-electron chi connectivity index (χ0n) is 13.9. The zero-order valence-corrected chi connectivity index (χ0v) is 13.9. The van der Waals surface area contributed by atoms with Crippen molar-refractivity contribution < 1.29 is 0 Å². The van der Waals surface area contributed by atoms with Crippen LogP contribution in [-0.2, 0) is 0 Å². The number of aromatic nitrogens is 3. The van der Waals surface area contributed by atoms with Crippen LogP contribution in [0.3, 0.4) is 0 Å². The van der Waals surface area contributed by atoms with Crippen LogP contribution in [0, 0.1) is 0 Å². The van der Waals surface area contributed by atoms with Crippen LogP contribution < -0.4 is 21.5 Å². The van der Waals surface area contributed by atoms with Gasteiger partial charge in [-0.15, -0.1) is 0 Å². The van der Waals surface area contributed by atoms with Crippen molar-refractivity contribution in [2.75, 3.05) is 28.7 Å². The molecule has 0 bridgehead atoms. The summed E-state index contributed by atoms with van der Waals surface area (Å²) < 4.78 is 0. The highest BCUT2D eigenvalue weighted by Gasteiger charge is 2.25. The molecule has 0 fully saturated rings. The monoisotopic (exact) mass is 295 g/mol. The van der Waals surface area contributed by atoms with E-state index in [9.17, 15) is 0 Å². The van der Waals surface area contributed by atoms with Crippen LogP contribution in [0.15, 0.2) is 0 Å². The number of nitrogens with two attached hydrogens (primary N) is 1. The first kappa shape index (κ1) is 17.4. The lowest BCUT2D eigenvalue weighted by Crippen LogP contribution is -2.37.